The zero-order valence-corrected chi connectivity index (χ0v) is 9.27. The third-order valence-electron chi connectivity index (χ3n) is 2.39. The summed E-state index contributed by atoms with van der Waals surface area (Å²) >= 11 is 0. The number of hydrogen-bond acceptors (Lipinski definition) is 3. The van der Waals surface area contributed by atoms with Gasteiger partial charge in [-0.25, -0.2) is 4.68 Å². The van der Waals surface area contributed by atoms with Crippen molar-refractivity contribution < 1.29 is 4.79 Å². The summed E-state index contributed by atoms with van der Waals surface area (Å²) in [6, 6.07) is 8.85. The molecule has 4 nitrogen and oxygen atoms in total. The molecule has 0 amide bonds. The van der Waals surface area contributed by atoms with Crippen LogP contribution in [0.15, 0.2) is 30.3 Å². The van der Waals surface area contributed by atoms with Crippen molar-refractivity contribution in [2.45, 2.75) is 13.8 Å². The average Bonchev–Trinajstić information content (AvgIpc) is 2.58. The minimum Gasteiger partial charge on any atom is -0.398 e. The predicted octanol–water partition coefficient (Wildman–Crippen LogP) is 1.77. The number of aryl methyl sites for hydroxylation is 2. The van der Waals surface area contributed by atoms with Gasteiger partial charge in [0, 0.05) is 11.4 Å². The molecule has 0 saturated heterocycles. The fourth-order valence-electron chi connectivity index (χ4n) is 1.64. The minimum absolute atomic E-state index is 0.191. The first kappa shape index (κ1) is 10.4. The summed E-state index contributed by atoms with van der Waals surface area (Å²) in [4.78, 5) is 12.1. The molecule has 0 aliphatic rings. The number of carbonyl (C=O) groups excluding carboxylic acids is 1. The van der Waals surface area contributed by atoms with Crippen LogP contribution >= 0.6 is 0 Å². The number of para-hydroxylation sites is 1. The van der Waals surface area contributed by atoms with E-state index in [1.165, 1.54) is 4.68 Å². The first-order valence-corrected chi connectivity index (χ1v) is 5.02. The second-order valence-electron chi connectivity index (χ2n) is 3.73. The number of hydrogen-bond donors (Lipinski definition) is 1. The van der Waals surface area contributed by atoms with Gasteiger partial charge in [-0.1, -0.05) is 12.1 Å². The van der Waals surface area contributed by atoms with Crippen LogP contribution in [-0.2, 0) is 0 Å². The van der Waals surface area contributed by atoms with Crippen LogP contribution in [0, 0.1) is 13.8 Å². The Bertz CT molecular complexity index is 543. The Morgan fingerprint density at radius 3 is 2.56 bits per heavy atom. The normalized spacial score (nSPS) is 10.4. The standard InChI is InChI=1S/C12H13N3O/c1-8-7-9(2)15(14-8)12(16)10-5-3-4-6-11(10)13/h3-7H,13H2,1-2H3. The summed E-state index contributed by atoms with van der Waals surface area (Å²) in [5, 5.41) is 4.14. The van der Waals surface area contributed by atoms with Crippen molar-refractivity contribution in [2.75, 3.05) is 5.73 Å². The van der Waals surface area contributed by atoms with Crippen molar-refractivity contribution in [1.82, 2.24) is 9.78 Å². The topological polar surface area (TPSA) is 60.9 Å². The number of anilines is 1. The van der Waals surface area contributed by atoms with E-state index in [1.54, 1.807) is 24.3 Å². The smallest absolute Gasteiger partial charge is 0.280 e. The fraction of sp³-hybridized carbons (Fsp3) is 0.167. The minimum atomic E-state index is -0.191. The molecule has 0 saturated carbocycles. The summed E-state index contributed by atoms with van der Waals surface area (Å²) in [5.41, 5.74) is 8.34. The molecule has 0 atom stereocenters. The molecule has 0 spiro atoms. The molecule has 4 heteroatoms. The molecule has 82 valence electrons. The van der Waals surface area contributed by atoms with Gasteiger partial charge in [-0.2, -0.15) is 5.10 Å². The second kappa shape index (κ2) is 3.81. The highest BCUT2D eigenvalue weighted by molar-refractivity contribution is 6.00. The van der Waals surface area contributed by atoms with Gasteiger partial charge >= 0.3 is 0 Å². The van der Waals surface area contributed by atoms with E-state index in [2.05, 4.69) is 5.10 Å². The number of benzene rings is 1. The average molecular weight is 215 g/mol. The van der Waals surface area contributed by atoms with E-state index in [1.807, 2.05) is 19.9 Å². The van der Waals surface area contributed by atoms with Gasteiger partial charge in [0.1, 0.15) is 0 Å². The van der Waals surface area contributed by atoms with Crippen LogP contribution in [0.3, 0.4) is 0 Å². The number of nitrogen functional groups attached to an aromatic ring is 1. The van der Waals surface area contributed by atoms with Gasteiger partial charge < -0.3 is 5.73 Å². The van der Waals surface area contributed by atoms with E-state index in [4.69, 9.17) is 5.73 Å². The summed E-state index contributed by atoms with van der Waals surface area (Å²) in [6.07, 6.45) is 0. The first-order chi connectivity index (χ1) is 7.59. The van der Waals surface area contributed by atoms with Crippen molar-refractivity contribution in [3.8, 4) is 0 Å². The fourth-order valence-corrected chi connectivity index (χ4v) is 1.64. The highest BCUT2D eigenvalue weighted by Gasteiger charge is 2.14. The van der Waals surface area contributed by atoms with Crippen molar-refractivity contribution >= 4 is 11.6 Å². The van der Waals surface area contributed by atoms with Crippen LogP contribution in [0.5, 0.6) is 0 Å². The molecular formula is C12H13N3O. The molecule has 2 aromatic rings. The van der Waals surface area contributed by atoms with E-state index in [-0.39, 0.29) is 5.91 Å². The maximum absolute atomic E-state index is 12.1. The van der Waals surface area contributed by atoms with Crippen molar-refractivity contribution in [3.05, 3.63) is 47.3 Å². The number of carbonyl (C=O) groups is 1. The lowest BCUT2D eigenvalue weighted by molar-refractivity contribution is 0.0943. The number of aromatic nitrogens is 2. The monoisotopic (exact) mass is 215 g/mol. The van der Waals surface area contributed by atoms with Crippen molar-refractivity contribution in [2.24, 2.45) is 0 Å². The molecule has 0 bridgehead atoms. The van der Waals surface area contributed by atoms with Crippen LogP contribution in [0.4, 0.5) is 5.69 Å². The van der Waals surface area contributed by atoms with Gasteiger partial charge in [0.2, 0.25) is 0 Å². The lowest BCUT2D eigenvalue weighted by atomic mass is 10.1. The van der Waals surface area contributed by atoms with Gasteiger partial charge in [-0.05, 0) is 32.0 Å². The molecule has 0 radical (unpaired) electrons. The zero-order valence-electron chi connectivity index (χ0n) is 9.27. The maximum atomic E-state index is 12.1. The molecule has 1 aromatic heterocycles. The molecule has 0 fully saturated rings. The molecule has 2 N–H and O–H groups in total. The molecule has 16 heavy (non-hydrogen) atoms. The quantitative estimate of drug-likeness (QED) is 0.737. The Kier molecular flexibility index (Phi) is 2.48. The molecule has 2 rings (SSSR count). The Morgan fingerprint density at radius 2 is 2.00 bits per heavy atom. The third kappa shape index (κ3) is 1.69. The van der Waals surface area contributed by atoms with Gasteiger partial charge in [0.25, 0.3) is 5.91 Å². The Morgan fingerprint density at radius 1 is 1.31 bits per heavy atom. The van der Waals surface area contributed by atoms with Crippen LogP contribution in [-0.4, -0.2) is 15.7 Å². The van der Waals surface area contributed by atoms with Gasteiger partial charge in [0.05, 0.1) is 11.3 Å². The SMILES string of the molecule is Cc1cc(C)n(C(=O)c2ccccc2N)n1. The zero-order chi connectivity index (χ0) is 11.7. The van der Waals surface area contributed by atoms with Gasteiger partial charge in [-0.3, -0.25) is 4.79 Å². The van der Waals surface area contributed by atoms with E-state index < -0.39 is 0 Å². The van der Waals surface area contributed by atoms with Crippen molar-refractivity contribution in [1.29, 1.82) is 0 Å². The van der Waals surface area contributed by atoms with Crippen LogP contribution < -0.4 is 5.73 Å². The van der Waals surface area contributed by atoms with E-state index in [0.717, 1.165) is 11.4 Å². The summed E-state index contributed by atoms with van der Waals surface area (Å²) in [6.45, 7) is 3.70. The molecule has 1 aromatic carbocycles. The van der Waals surface area contributed by atoms with E-state index in [0.29, 0.717) is 11.3 Å². The van der Waals surface area contributed by atoms with Crippen LogP contribution in [0.25, 0.3) is 0 Å². The van der Waals surface area contributed by atoms with E-state index >= 15 is 0 Å². The lowest BCUT2D eigenvalue weighted by Crippen LogP contribution is -2.16. The first-order valence-electron chi connectivity index (χ1n) is 5.02. The lowest BCUT2D eigenvalue weighted by Gasteiger charge is -2.05. The van der Waals surface area contributed by atoms with Gasteiger partial charge in [0.15, 0.2) is 0 Å². The highest BCUT2D eigenvalue weighted by Crippen LogP contribution is 2.13. The van der Waals surface area contributed by atoms with Crippen LogP contribution in [0.1, 0.15) is 21.7 Å². The Labute approximate surface area is 93.7 Å². The molecule has 0 aliphatic heterocycles. The maximum Gasteiger partial charge on any atom is 0.280 e. The van der Waals surface area contributed by atoms with Crippen molar-refractivity contribution in [3.63, 3.8) is 0 Å². The summed E-state index contributed by atoms with van der Waals surface area (Å²) in [5.74, 6) is -0.191. The molecule has 1 heterocycles. The molecular weight excluding hydrogens is 202 g/mol. The third-order valence-corrected chi connectivity index (χ3v) is 2.39. The van der Waals surface area contributed by atoms with E-state index in [9.17, 15) is 4.79 Å². The summed E-state index contributed by atoms with van der Waals surface area (Å²) in [7, 11) is 0. The molecule has 0 unspecified atom stereocenters. The number of nitrogens with zero attached hydrogens (tertiary/aromatic N) is 2. The van der Waals surface area contributed by atoms with Gasteiger partial charge in [-0.15, -0.1) is 0 Å². The van der Waals surface area contributed by atoms with Crippen LogP contribution in [0.2, 0.25) is 0 Å². The number of nitrogens with two attached hydrogens (primary N) is 1. The highest BCUT2D eigenvalue weighted by atomic mass is 16.2. The number of rotatable bonds is 1. The Balaban J connectivity index is 2.47. The molecule has 0 aliphatic carbocycles. The largest absolute Gasteiger partial charge is 0.398 e. The predicted molar refractivity (Wildman–Crippen MR) is 62.3 cm³/mol. The summed E-state index contributed by atoms with van der Waals surface area (Å²) < 4.78 is 1.38. The Hall–Kier alpha value is -2.10. The second-order valence-corrected chi connectivity index (χ2v) is 3.73.